The molecule has 0 unspecified atom stereocenters. The fourth-order valence-corrected chi connectivity index (χ4v) is 1.77. The van der Waals surface area contributed by atoms with Crippen LogP contribution >= 0.6 is 0 Å². The molecule has 0 saturated heterocycles. The molecular formula is C15H26N4O2. The Bertz CT molecular complexity index is 407. The summed E-state index contributed by atoms with van der Waals surface area (Å²) in [6, 6.07) is 8.02. The lowest BCUT2D eigenvalue weighted by atomic mass is 10.1. The minimum absolute atomic E-state index is 0.611. The van der Waals surface area contributed by atoms with Crippen molar-refractivity contribution < 1.29 is 9.47 Å². The lowest BCUT2D eigenvalue weighted by Gasteiger charge is -2.09. The first-order valence-corrected chi connectivity index (χ1v) is 7.25. The van der Waals surface area contributed by atoms with Crippen molar-refractivity contribution in [2.24, 2.45) is 10.8 Å². The molecule has 0 fully saturated rings. The number of ether oxygens (including phenoxy) is 2. The summed E-state index contributed by atoms with van der Waals surface area (Å²) in [7, 11) is 1.66. The van der Waals surface area contributed by atoms with E-state index in [9.17, 15) is 0 Å². The summed E-state index contributed by atoms with van der Waals surface area (Å²) in [5.41, 5.74) is 3.81. The third kappa shape index (κ3) is 7.53. The molecule has 1 aromatic carbocycles. The molecule has 21 heavy (non-hydrogen) atoms. The largest absolute Gasteiger partial charge is 0.497 e. The van der Waals surface area contributed by atoms with Gasteiger partial charge in [0.05, 0.1) is 7.11 Å². The highest BCUT2D eigenvalue weighted by Crippen LogP contribution is 2.11. The summed E-state index contributed by atoms with van der Waals surface area (Å²) >= 11 is 0. The fraction of sp³-hybridized carbons (Fsp3) is 0.533. The molecule has 0 atom stereocenters. The van der Waals surface area contributed by atoms with E-state index in [1.165, 1.54) is 5.56 Å². The van der Waals surface area contributed by atoms with Gasteiger partial charge in [-0.1, -0.05) is 12.1 Å². The number of guanidine groups is 1. The summed E-state index contributed by atoms with van der Waals surface area (Å²) in [5, 5.41) is 3.18. The minimum atomic E-state index is 0.611. The van der Waals surface area contributed by atoms with Crippen LogP contribution in [-0.2, 0) is 11.2 Å². The Morgan fingerprint density at radius 2 is 2.05 bits per heavy atom. The predicted octanol–water partition coefficient (Wildman–Crippen LogP) is 1.07. The van der Waals surface area contributed by atoms with Gasteiger partial charge in [0.2, 0.25) is 5.96 Å². The maximum atomic E-state index is 5.44. The van der Waals surface area contributed by atoms with Crippen LogP contribution in [0.3, 0.4) is 0 Å². The lowest BCUT2D eigenvalue weighted by Crippen LogP contribution is -2.42. The van der Waals surface area contributed by atoms with Crippen molar-refractivity contribution in [2.75, 3.05) is 33.4 Å². The molecule has 0 aromatic heterocycles. The first-order chi connectivity index (χ1) is 10.3. The van der Waals surface area contributed by atoms with E-state index in [1.807, 2.05) is 19.1 Å². The van der Waals surface area contributed by atoms with Gasteiger partial charge in [-0.2, -0.15) is 0 Å². The summed E-state index contributed by atoms with van der Waals surface area (Å²) in [5.74, 6) is 6.92. The average Bonchev–Trinajstić information content (AvgIpc) is 2.53. The molecule has 6 nitrogen and oxygen atoms in total. The lowest BCUT2D eigenvalue weighted by molar-refractivity contribution is 0.146. The second-order valence-electron chi connectivity index (χ2n) is 4.45. The van der Waals surface area contributed by atoms with Crippen LogP contribution < -0.4 is 21.3 Å². The van der Waals surface area contributed by atoms with Gasteiger partial charge in [-0.15, -0.1) is 0 Å². The van der Waals surface area contributed by atoms with Gasteiger partial charge in [-0.25, -0.2) is 5.84 Å². The van der Waals surface area contributed by atoms with E-state index in [-0.39, 0.29) is 0 Å². The maximum absolute atomic E-state index is 5.44. The van der Waals surface area contributed by atoms with Crippen molar-refractivity contribution >= 4 is 5.96 Å². The highest BCUT2D eigenvalue weighted by atomic mass is 16.5. The van der Waals surface area contributed by atoms with E-state index in [0.29, 0.717) is 12.5 Å². The number of hydrazine groups is 1. The van der Waals surface area contributed by atoms with Gasteiger partial charge < -0.3 is 14.8 Å². The summed E-state index contributed by atoms with van der Waals surface area (Å²) in [4.78, 5) is 4.34. The van der Waals surface area contributed by atoms with Crippen LogP contribution in [0.1, 0.15) is 18.9 Å². The quantitative estimate of drug-likeness (QED) is 0.209. The second-order valence-corrected chi connectivity index (χ2v) is 4.45. The Labute approximate surface area is 126 Å². The van der Waals surface area contributed by atoms with Gasteiger partial charge in [-0.3, -0.25) is 10.4 Å². The van der Waals surface area contributed by atoms with E-state index < -0.39 is 0 Å². The zero-order valence-corrected chi connectivity index (χ0v) is 12.9. The molecule has 0 saturated carbocycles. The molecule has 0 bridgehead atoms. The van der Waals surface area contributed by atoms with Gasteiger partial charge in [0, 0.05) is 26.3 Å². The van der Waals surface area contributed by atoms with E-state index in [1.54, 1.807) is 7.11 Å². The molecule has 4 N–H and O–H groups in total. The highest BCUT2D eigenvalue weighted by molar-refractivity contribution is 5.79. The number of nitrogens with zero attached hydrogens (tertiary/aromatic N) is 1. The molecule has 1 aromatic rings. The standard InChI is InChI=1S/C15H26N4O2/c1-3-21-12-4-10-17-15(19-16)18-11-9-13-5-7-14(20-2)8-6-13/h5-8H,3-4,9-12,16H2,1-2H3,(H2,17,18,19). The third-order valence-corrected chi connectivity index (χ3v) is 2.92. The van der Waals surface area contributed by atoms with Gasteiger partial charge in [0.1, 0.15) is 5.75 Å². The van der Waals surface area contributed by atoms with Gasteiger partial charge in [0.15, 0.2) is 0 Å². The van der Waals surface area contributed by atoms with Crippen LogP contribution in [-0.4, -0.2) is 39.4 Å². The van der Waals surface area contributed by atoms with E-state index in [0.717, 1.165) is 38.3 Å². The van der Waals surface area contributed by atoms with Gasteiger partial charge >= 0.3 is 0 Å². The molecule has 0 heterocycles. The zero-order chi connectivity index (χ0) is 15.3. The van der Waals surface area contributed by atoms with Crippen molar-refractivity contribution in [1.82, 2.24) is 10.7 Å². The van der Waals surface area contributed by atoms with Crippen LogP contribution in [0, 0.1) is 0 Å². The smallest absolute Gasteiger partial charge is 0.205 e. The van der Waals surface area contributed by atoms with E-state index >= 15 is 0 Å². The third-order valence-electron chi connectivity index (χ3n) is 2.92. The van der Waals surface area contributed by atoms with Crippen LogP contribution in [0.5, 0.6) is 5.75 Å². The Morgan fingerprint density at radius 1 is 1.29 bits per heavy atom. The number of hydrogen-bond acceptors (Lipinski definition) is 4. The monoisotopic (exact) mass is 294 g/mol. The zero-order valence-electron chi connectivity index (χ0n) is 12.9. The number of benzene rings is 1. The van der Waals surface area contributed by atoms with Crippen molar-refractivity contribution in [3.8, 4) is 5.75 Å². The van der Waals surface area contributed by atoms with E-state index in [2.05, 4.69) is 27.9 Å². The maximum Gasteiger partial charge on any atom is 0.205 e. The van der Waals surface area contributed by atoms with Crippen molar-refractivity contribution in [2.45, 2.75) is 19.8 Å². The van der Waals surface area contributed by atoms with Crippen molar-refractivity contribution in [1.29, 1.82) is 0 Å². The summed E-state index contributed by atoms with van der Waals surface area (Å²) < 4.78 is 10.4. The van der Waals surface area contributed by atoms with Gasteiger partial charge in [-0.05, 0) is 37.5 Å². The fourth-order valence-electron chi connectivity index (χ4n) is 1.77. The number of nitrogens with two attached hydrogens (primary N) is 1. The Balaban J connectivity index is 2.25. The normalized spacial score (nSPS) is 11.3. The first-order valence-electron chi connectivity index (χ1n) is 7.25. The molecule has 0 aliphatic heterocycles. The molecular weight excluding hydrogens is 268 g/mol. The highest BCUT2D eigenvalue weighted by Gasteiger charge is 1.97. The topological polar surface area (TPSA) is 80.9 Å². The first kappa shape index (κ1) is 17.3. The molecule has 6 heteroatoms. The van der Waals surface area contributed by atoms with Crippen molar-refractivity contribution in [3.63, 3.8) is 0 Å². The molecule has 0 amide bonds. The van der Waals surface area contributed by atoms with Crippen LogP contribution in [0.4, 0.5) is 0 Å². The number of rotatable bonds is 9. The predicted molar refractivity (Wildman–Crippen MR) is 85.4 cm³/mol. The van der Waals surface area contributed by atoms with Crippen LogP contribution in [0.15, 0.2) is 29.3 Å². The molecule has 0 aliphatic carbocycles. The van der Waals surface area contributed by atoms with Gasteiger partial charge in [0.25, 0.3) is 0 Å². The van der Waals surface area contributed by atoms with Crippen LogP contribution in [0.25, 0.3) is 0 Å². The molecule has 118 valence electrons. The SMILES string of the molecule is CCOCCCN=C(NN)NCCc1ccc(OC)cc1. The van der Waals surface area contributed by atoms with Crippen LogP contribution in [0.2, 0.25) is 0 Å². The number of nitrogens with one attached hydrogen (secondary N) is 2. The Kier molecular flexibility index (Phi) is 8.99. The molecule has 0 spiro atoms. The average molecular weight is 294 g/mol. The number of aliphatic imine (C=N–C) groups is 1. The number of hydrogen-bond donors (Lipinski definition) is 3. The Hall–Kier alpha value is -1.79. The van der Waals surface area contributed by atoms with Crippen molar-refractivity contribution in [3.05, 3.63) is 29.8 Å². The minimum Gasteiger partial charge on any atom is -0.497 e. The van der Waals surface area contributed by atoms with E-state index in [4.69, 9.17) is 15.3 Å². The molecule has 1 rings (SSSR count). The summed E-state index contributed by atoms with van der Waals surface area (Å²) in [6.45, 7) is 4.91. The molecule has 0 radical (unpaired) electrons. The molecule has 0 aliphatic rings. The second kappa shape index (κ2) is 10.9. The Morgan fingerprint density at radius 3 is 2.67 bits per heavy atom. The number of methoxy groups -OCH3 is 1. The summed E-state index contributed by atoms with van der Waals surface area (Å²) in [6.07, 6.45) is 1.78.